The highest BCUT2D eigenvalue weighted by Crippen LogP contribution is 2.30. The Bertz CT molecular complexity index is 330. The van der Waals surface area contributed by atoms with Crippen LogP contribution in [0.4, 0.5) is 0 Å². The van der Waals surface area contributed by atoms with E-state index in [9.17, 15) is 9.59 Å². The molecule has 0 aromatic rings. The largest absolute Gasteiger partial charge is 0.464 e. The van der Waals surface area contributed by atoms with Crippen LogP contribution in [0.1, 0.15) is 46.5 Å². The van der Waals surface area contributed by atoms with Gasteiger partial charge < -0.3 is 10.1 Å². The second-order valence-corrected chi connectivity index (χ2v) is 4.85. The zero-order valence-electron chi connectivity index (χ0n) is 11.5. The van der Waals surface area contributed by atoms with Gasteiger partial charge in [-0.2, -0.15) is 0 Å². The quantitative estimate of drug-likeness (QED) is 0.583. The van der Waals surface area contributed by atoms with Gasteiger partial charge in [-0.3, -0.25) is 4.79 Å². The van der Waals surface area contributed by atoms with E-state index in [1.165, 1.54) is 6.92 Å². The summed E-state index contributed by atoms with van der Waals surface area (Å²) >= 11 is 0. The predicted molar refractivity (Wildman–Crippen MR) is 70.0 cm³/mol. The first-order valence-electron chi connectivity index (χ1n) is 6.65. The summed E-state index contributed by atoms with van der Waals surface area (Å²) in [6.07, 6.45) is 7.41. The van der Waals surface area contributed by atoms with E-state index >= 15 is 0 Å². The number of nitrogens with one attached hydrogen (secondary N) is 1. The van der Waals surface area contributed by atoms with Gasteiger partial charge in [-0.25, -0.2) is 4.79 Å². The maximum Gasteiger partial charge on any atom is 0.331 e. The summed E-state index contributed by atoms with van der Waals surface area (Å²) < 4.78 is 5.14. The number of rotatable bonds is 6. The molecule has 1 aliphatic carbocycles. The fourth-order valence-corrected chi connectivity index (χ4v) is 2.50. The molecule has 0 heterocycles. The van der Waals surface area contributed by atoms with Gasteiger partial charge in [-0.05, 0) is 38.5 Å². The molecule has 102 valence electrons. The molecule has 0 saturated heterocycles. The summed E-state index contributed by atoms with van der Waals surface area (Å²) in [4.78, 5) is 23.5. The molecule has 0 bridgehead atoms. The molecule has 18 heavy (non-hydrogen) atoms. The summed E-state index contributed by atoms with van der Waals surface area (Å²) in [6, 6.07) is 0. The third-order valence-electron chi connectivity index (χ3n) is 3.43. The predicted octanol–water partition coefficient (Wildman–Crippen LogP) is 2.19. The first-order chi connectivity index (χ1) is 8.54. The molecule has 4 heteroatoms. The molecule has 1 aliphatic rings. The molecule has 1 N–H and O–H groups in total. The lowest BCUT2D eigenvalue weighted by molar-refractivity contribution is -0.154. The third kappa shape index (κ3) is 3.59. The Morgan fingerprint density at radius 1 is 1.33 bits per heavy atom. The highest BCUT2D eigenvalue weighted by molar-refractivity contribution is 5.87. The molecule has 0 saturated carbocycles. The van der Waals surface area contributed by atoms with E-state index in [4.69, 9.17) is 4.74 Å². The van der Waals surface area contributed by atoms with Crippen LogP contribution in [0.2, 0.25) is 0 Å². The Kier molecular flexibility index (Phi) is 5.38. The van der Waals surface area contributed by atoms with Crippen molar-refractivity contribution in [2.75, 3.05) is 6.61 Å². The second kappa shape index (κ2) is 6.57. The standard InChI is InChI=1S/C14H23NO3/c1-4-14(15-11(3)16,13(17)18-5-2)10-12-8-6-7-9-12/h6-7,12H,4-5,8-10H2,1-3H3,(H,15,16). The fraction of sp³-hybridized carbons (Fsp3) is 0.714. The van der Waals surface area contributed by atoms with E-state index < -0.39 is 5.54 Å². The number of hydrogen-bond acceptors (Lipinski definition) is 3. The summed E-state index contributed by atoms with van der Waals surface area (Å²) in [6.45, 7) is 5.47. The van der Waals surface area contributed by atoms with Crippen LogP contribution in [-0.4, -0.2) is 24.0 Å². The van der Waals surface area contributed by atoms with Crippen molar-refractivity contribution in [2.24, 2.45) is 5.92 Å². The van der Waals surface area contributed by atoms with Crippen LogP contribution in [0, 0.1) is 5.92 Å². The molecular weight excluding hydrogens is 230 g/mol. The van der Waals surface area contributed by atoms with Crippen molar-refractivity contribution < 1.29 is 14.3 Å². The number of hydrogen-bond donors (Lipinski definition) is 1. The smallest absolute Gasteiger partial charge is 0.331 e. The summed E-state index contributed by atoms with van der Waals surface area (Å²) in [7, 11) is 0. The summed E-state index contributed by atoms with van der Waals surface area (Å²) in [5, 5.41) is 2.81. The molecule has 1 unspecified atom stereocenters. The van der Waals surface area contributed by atoms with E-state index in [0.29, 0.717) is 25.4 Å². The Balaban J connectivity index is 2.81. The highest BCUT2D eigenvalue weighted by Gasteiger charge is 2.41. The van der Waals surface area contributed by atoms with Crippen molar-refractivity contribution in [2.45, 2.75) is 52.0 Å². The van der Waals surface area contributed by atoms with Crippen molar-refractivity contribution in [3.63, 3.8) is 0 Å². The van der Waals surface area contributed by atoms with Gasteiger partial charge in [0.05, 0.1) is 6.61 Å². The average molecular weight is 253 g/mol. The third-order valence-corrected chi connectivity index (χ3v) is 3.43. The lowest BCUT2D eigenvalue weighted by Gasteiger charge is -2.33. The van der Waals surface area contributed by atoms with E-state index in [0.717, 1.165) is 12.8 Å². The second-order valence-electron chi connectivity index (χ2n) is 4.85. The average Bonchev–Trinajstić information content (AvgIpc) is 2.80. The summed E-state index contributed by atoms with van der Waals surface area (Å²) in [5.74, 6) is -0.0772. The van der Waals surface area contributed by atoms with Crippen LogP contribution < -0.4 is 5.32 Å². The molecule has 1 amide bonds. The van der Waals surface area contributed by atoms with Gasteiger partial charge in [0.1, 0.15) is 5.54 Å². The minimum atomic E-state index is -0.863. The fourth-order valence-electron chi connectivity index (χ4n) is 2.50. The molecule has 0 aliphatic heterocycles. The van der Waals surface area contributed by atoms with Crippen LogP contribution in [0.3, 0.4) is 0 Å². The maximum absolute atomic E-state index is 12.2. The highest BCUT2D eigenvalue weighted by atomic mass is 16.5. The van der Waals surface area contributed by atoms with Crippen molar-refractivity contribution >= 4 is 11.9 Å². The van der Waals surface area contributed by atoms with Gasteiger partial charge in [0.2, 0.25) is 5.91 Å². The molecule has 0 spiro atoms. The van der Waals surface area contributed by atoms with E-state index in [2.05, 4.69) is 17.5 Å². The van der Waals surface area contributed by atoms with Crippen molar-refractivity contribution in [1.29, 1.82) is 0 Å². The van der Waals surface area contributed by atoms with E-state index in [-0.39, 0.29) is 11.9 Å². The van der Waals surface area contributed by atoms with Crippen LogP contribution in [0.15, 0.2) is 12.2 Å². The molecule has 4 nitrogen and oxygen atoms in total. The minimum absolute atomic E-state index is 0.184. The van der Waals surface area contributed by atoms with Gasteiger partial charge >= 0.3 is 5.97 Å². The summed E-state index contributed by atoms with van der Waals surface area (Å²) in [5.41, 5.74) is -0.863. The molecule has 0 aromatic heterocycles. The molecule has 0 aromatic carbocycles. The maximum atomic E-state index is 12.2. The van der Waals surface area contributed by atoms with E-state index in [1.54, 1.807) is 6.92 Å². The number of ether oxygens (including phenoxy) is 1. The topological polar surface area (TPSA) is 55.4 Å². The van der Waals surface area contributed by atoms with Crippen molar-refractivity contribution in [3.8, 4) is 0 Å². The Morgan fingerprint density at radius 3 is 2.39 bits per heavy atom. The Hall–Kier alpha value is -1.32. The van der Waals surface area contributed by atoms with Gasteiger partial charge in [0.15, 0.2) is 0 Å². The number of amides is 1. The van der Waals surface area contributed by atoms with Gasteiger partial charge in [0.25, 0.3) is 0 Å². The Morgan fingerprint density at radius 2 is 1.94 bits per heavy atom. The number of esters is 1. The number of carbonyl (C=O) groups is 2. The van der Waals surface area contributed by atoms with Crippen molar-refractivity contribution in [3.05, 3.63) is 12.2 Å². The van der Waals surface area contributed by atoms with Gasteiger partial charge in [-0.15, -0.1) is 0 Å². The zero-order valence-corrected chi connectivity index (χ0v) is 11.5. The molecule has 0 fully saturated rings. The van der Waals surface area contributed by atoms with Crippen LogP contribution in [-0.2, 0) is 14.3 Å². The van der Waals surface area contributed by atoms with Gasteiger partial charge in [-0.1, -0.05) is 19.1 Å². The first kappa shape index (κ1) is 14.7. The molecule has 1 rings (SSSR count). The van der Waals surface area contributed by atoms with E-state index in [1.807, 2.05) is 6.92 Å². The van der Waals surface area contributed by atoms with Crippen LogP contribution in [0.25, 0.3) is 0 Å². The minimum Gasteiger partial charge on any atom is -0.464 e. The molecule has 1 atom stereocenters. The van der Waals surface area contributed by atoms with Crippen LogP contribution in [0.5, 0.6) is 0 Å². The Labute approximate surface area is 109 Å². The van der Waals surface area contributed by atoms with Gasteiger partial charge in [0, 0.05) is 6.92 Å². The lowest BCUT2D eigenvalue weighted by atomic mass is 9.83. The lowest BCUT2D eigenvalue weighted by Crippen LogP contribution is -2.55. The van der Waals surface area contributed by atoms with Crippen LogP contribution >= 0.6 is 0 Å². The molecular formula is C14H23NO3. The van der Waals surface area contributed by atoms with Crippen molar-refractivity contribution in [1.82, 2.24) is 5.32 Å². The number of allylic oxidation sites excluding steroid dienone is 2. The first-order valence-corrected chi connectivity index (χ1v) is 6.65. The SMILES string of the molecule is CCOC(=O)C(CC)(CC1CC=CC1)NC(C)=O. The molecule has 0 radical (unpaired) electrons. The monoisotopic (exact) mass is 253 g/mol. The zero-order chi connectivity index (χ0) is 13.6. The number of carbonyl (C=O) groups excluding carboxylic acids is 2. The normalized spacial score (nSPS) is 18.4.